The van der Waals surface area contributed by atoms with Crippen molar-refractivity contribution in [1.29, 1.82) is 0 Å². The lowest BCUT2D eigenvalue weighted by Crippen LogP contribution is -2.48. The van der Waals surface area contributed by atoms with Crippen LogP contribution < -0.4 is 5.14 Å². The number of carbonyl (C=O) groups excluding carboxylic acids is 1. The Balaban J connectivity index is 2.28. The van der Waals surface area contributed by atoms with Gasteiger partial charge in [0.1, 0.15) is 10.6 Å². The van der Waals surface area contributed by atoms with E-state index in [-0.39, 0.29) is 23.0 Å². The van der Waals surface area contributed by atoms with Crippen LogP contribution in [0.4, 0.5) is 0 Å². The number of nitrogens with two attached hydrogens (primary N) is 1. The molecule has 1 aliphatic heterocycles. The van der Waals surface area contributed by atoms with Gasteiger partial charge in [-0.2, -0.15) is 0 Å². The summed E-state index contributed by atoms with van der Waals surface area (Å²) in [4.78, 5) is 13.8. The first-order chi connectivity index (χ1) is 9.10. The molecule has 1 aromatic rings. The van der Waals surface area contributed by atoms with Gasteiger partial charge in [0.2, 0.25) is 10.0 Å². The molecule has 0 aromatic carbocycles. The Morgan fingerprint density at radius 2 is 2.15 bits per heavy atom. The van der Waals surface area contributed by atoms with Crippen LogP contribution in [0.5, 0.6) is 0 Å². The average Bonchev–Trinajstić information content (AvgIpc) is 2.69. The van der Waals surface area contributed by atoms with Gasteiger partial charge in [0.25, 0.3) is 5.91 Å². The molecule has 1 saturated heterocycles. The van der Waals surface area contributed by atoms with E-state index in [4.69, 9.17) is 5.14 Å². The number of nitrogens with zero attached hydrogens (tertiary/aromatic N) is 2. The van der Waals surface area contributed by atoms with Gasteiger partial charge in [0.05, 0.1) is 5.60 Å². The van der Waals surface area contributed by atoms with Crippen LogP contribution in [0.25, 0.3) is 0 Å². The quantitative estimate of drug-likeness (QED) is 0.779. The molecule has 1 atom stereocenters. The van der Waals surface area contributed by atoms with Gasteiger partial charge in [-0.1, -0.05) is 0 Å². The van der Waals surface area contributed by atoms with Gasteiger partial charge in [0, 0.05) is 26.3 Å². The maximum atomic E-state index is 12.4. The topological polar surface area (TPSA) is 106 Å². The lowest BCUT2D eigenvalue weighted by atomic mass is 9.95. The number of β-amino-alcohol motifs (C(OH)–C–C–N with tert-alkyl or cyclic N) is 1. The maximum Gasteiger partial charge on any atom is 0.270 e. The highest BCUT2D eigenvalue weighted by Crippen LogP contribution is 2.22. The van der Waals surface area contributed by atoms with Crippen molar-refractivity contribution in [3.05, 3.63) is 18.0 Å². The number of aromatic nitrogens is 1. The van der Waals surface area contributed by atoms with Crippen molar-refractivity contribution in [3.63, 3.8) is 0 Å². The Labute approximate surface area is 118 Å². The molecule has 0 spiro atoms. The molecule has 0 saturated carbocycles. The van der Waals surface area contributed by atoms with Gasteiger partial charge in [0.15, 0.2) is 0 Å². The number of hydrogen-bond donors (Lipinski definition) is 2. The van der Waals surface area contributed by atoms with Crippen molar-refractivity contribution >= 4 is 15.9 Å². The second-order valence-electron chi connectivity index (χ2n) is 5.54. The van der Waals surface area contributed by atoms with E-state index in [2.05, 4.69) is 0 Å². The van der Waals surface area contributed by atoms with Gasteiger partial charge < -0.3 is 14.6 Å². The van der Waals surface area contributed by atoms with Crippen molar-refractivity contribution < 1.29 is 18.3 Å². The smallest absolute Gasteiger partial charge is 0.270 e. The molecule has 1 amide bonds. The van der Waals surface area contributed by atoms with Crippen LogP contribution in [0.2, 0.25) is 0 Å². The number of carbonyl (C=O) groups is 1. The fourth-order valence-corrected chi connectivity index (χ4v) is 3.04. The third kappa shape index (κ3) is 3.02. The van der Waals surface area contributed by atoms with Crippen LogP contribution in [0.3, 0.4) is 0 Å². The predicted molar refractivity (Wildman–Crippen MR) is 72.5 cm³/mol. The van der Waals surface area contributed by atoms with Crippen molar-refractivity contribution in [2.45, 2.75) is 30.3 Å². The summed E-state index contributed by atoms with van der Waals surface area (Å²) in [5.74, 6) is -0.303. The first kappa shape index (κ1) is 15.0. The molecule has 8 heteroatoms. The normalized spacial score (nSPS) is 23.9. The second kappa shape index (κ2) is 4.87. The number of aryl methyl sites for hydroxylation is 1. The van der Waals surface area contributed by atoms with E-state index in [1.54, 1.807) is 14.0 Å². The minimum Gasteiger partial charge on any atom is -0.388 e. The number of aliphatic hydroxyl groups is 1. The zero-order valence-electron chi connectivity index (χ0n) is 11.5. The largest absolute Gasteiger partial charge is 0.388 e. The van der Waals surface area contributed by atoms with Crippen LogP contribution in [0, 0.1) is 0 Å². The number of piperidine rings is 1. The third-order valence-electron chi connectivity index (χ3n) is 3.49. The molecule has 1 aromatic heterocycles. The molecule has 2 rings (SSSR count). The standard InChI is InChI=1S/C12H19N3O4S/c1-12(17)4-3-5-15(8-12)11(16)10-6-9(7-14(10)2)20(13,18)19/h6-7,17H,3-5,8H2,1-2H3,(H2,13,18,19). The highest BCUT2D eigenvalue weighted by atomic mass is 32.2. The molecule has 20 heavy (non-hydrogen) atoms. The summed E-state index contributed by atoms with van der Waals surface area (Å²) in [6.45, 7) is 2.47. The maximum absolute atomic E-state index is 12.4. The zero-order valence-corrected chi connectivity index (χ0v) is 12.4. The molecule has 1 aliphatic rings. The molecule has 2 heterocycles. The molecular formula is C12H19N3O4S. The zero-order chi connectivity index (χ0) is 15.1. The van der Waals surface area contributed by atoms with Crippen LogP contribution in [0.15, 0.2) is 17.2 Å². The summed E-state index contributed by atoms with van der Waals surface area (Å²) in [5, 5.41) is 15.1. The summed E-state index contributed by atoms with van der Waals surface area (Å²) >= 11 is 0. The van der Waals surface area contributed by atoms with E-state index in [9.17, 15) is 18.3 Å². The van der Waals surface area contributed by atoms with E-state index in [0.717, 1.165) is 0 Å². The van der Waals surface area contributed by atoms with E-state index < -0.39 is 15.6 Å². The Morgan fingerprint density at radius 3 is 2.65 bits per heavy atom. The first-order valence-electron chi connectivity index (χ1n) is 6.31. The number of rotatable bonds is 2. The molecular weight excluding hydrogens is 282 g/mol. The monoisotopic (exact) mass is 301 g/mol. The average molecular weight is 301 g/mol. The van der Waals surface area contributed by atoms with E-state index in [0.29, 0.717) is 19.4 Å². The van der Waals surface area contributed by atoms with Crippen molar-refractivity contribution in [2.75, 3.05) is 13.1 Å². The lowest BCUT2D eigenvalue weighted by molar-refractivity contribution is -0.0110. The minimum absolute atomic E-state index is 0.0906. The number of sulfonamides is 1. The lowest BCUT2D eigenvalue weighted by Gasteiger charge is -2.36. The third-order valence-corrected chi connectivity index (χ3v) is 4.37. The number of hydrogen-bond acceptors (Lipinski definition) is 4. The molecule has 3 N–H and O–H groups in total. The van der Waals surface area contributed by atoms with E-state index >= 15 is 0 Å². The summed E-state index contributed by atoms with van der Waals surface area (Å²) < 4.78 is 24.0. The van der Waals surface area contributed by atoms with Crippen molar-refractivity contribution in [2.24, 2.45) is 12.2 Å². The van der Waals surface area contributed by atoms with E-state index in [1.807, 2.05) is 0 Å². The van der Waals surface area contributed by atoms with Gasteiger partial charge in [-0.05, 0) is 25.8 Å². The van der Waals surface area contributed by atoms with Gasteiger partial charge in [-0.3, -0.25) is 4.79 Å². The summed E-state index contributed by atoms with van der Waals surface area (Å²) in [6, 6.07) is 1.26. The first-order valence-corrected chi connectivity index (χ1v) is 7.86. The molecule has 1 fully saturated rings. The molecule has 1 unspecified atom stereocenters. The molecule has 0 aliphatic carbocycles. The van der Waals surface area contributed by atoms with Gasteiger partial charge in [-0.15, -0.1) is 0 Å². The summed E-state index contributed by atoms with van der Waals surface area (Å²) in [6.07, 6.45) is 2.67. The molecule has 0 radical (unpaired) electrons. The predicted octanol–water partition coefficient (Wildman–Crippen LogP) is -0.340. The molecule has 7 nitrogen and oxygen atoms in total. The van der Waals surface area contributed by atoms with E-state index in [1.165, 1.54) is 21.7 Å². The van der Waals surface area contributed by atoms with Crippen LogP contribution in [0.1, 0.15) is 30.3 Å². The number of amides is 1. The van der Waals surface area contributed by atoms with Gasteiger partial charge in [-0.25, -0.2) is 13.6 Å². The Hall–Kier alpha value is -1.38. The second-order valence-corrected chi connectivity index (χ2v) is 7.11. The van der Waals surface area contributed by atoms with Crippen LogP contribution in [-0.2, 0) is 17.1 Å². The highest BCUT2D eigenvalue weighted by molar-refractivity contribution is 7.89. The van der Waals surface area contributed by atoms with Crippen LogP contribution >= 0.6 is 0 Å². The Bertz CT molecular complexity index is 633. The highest BCUT2D eigenvalue weighted by Gasteiger charge is 2.32. The fourth-order valence-electron chi connectivity index (χ4n) is 2.46. The fraction of sp³-hybridized carbons (Fsp3) is 0.583. The SMILES string of the molecule is Cn1cc(S(N)(=O)=O)cc1C(=O)N1CCCC(C)(O)C1. The minimum atomic E-state index is -3.83. The molecule has 0 bridgehead atoms. The number of primary sulfonamides is 1. The summed E-state index contributed by atoms with van der Waals surface area (Å²) in [5.41, 5.74) is -0.659. The Kier molecular flexibility index (Phi) is 3.66. The molecule has 112 valence electrons. The van der Waals surface area contributed by atoms with Crippen molar-refractivity contribution in [3.8, 4) is 0 Å². The Morgan fingerprint density at radius 1 is 1.50 bits per heavy atom. The summed E-state index contributed by atoms with van der Waals surface area (Å²) in [7, 11) is -2.25. The van der Waals surface area contributed by atoms with Crippen LogP contribution in [-0.4, -0.2) is 47.6 Å². The van der Waals surface area contributed by atoms with Gasteiger partial charge >= 0.3 is 0 Å². The van der Waals surface area contributed by atoms with Crippen molar-refractivity contribution in [1.82, 2.24) is 9.47 Å². The number of likely N-dealkylation sites (tertiary alicyclic amines) is 1.